The largest absolute Gasteiger partial charge is 0.507 e. The molecular weight excluding hydrogens is 466 g/mol. The Labute approximate surface area is 206 Å². The summed E-state index contributed by atoms with van der Waals surface area (Å²) in [6.07, 6.45) is 4.02. The van der Waals surface area contributed by atoms with Crippen LogP contribution in [0.15, 0.2) is 47.4 Å². The summed E-state index contributed by atoms with van der Waals surface area (Å²) < 4.78 is 27.9. The standard InChI is InChI=1S/C26H31N3O5S/c30-24-7-2-1-6-23(24)26(32)28-16-14-27(15-17-28)25(31)20-10-12-29(13-11-20)35(33,34)22-9-8-19-4-3-5-21(19)18-22/h1-2,6-9,18,20,30H,3-5,10-17H2. The van der Waals surface area contributed by atoms with Crippen LogP contribution in [0.3, 0.4) is 0 Å². The second kappa shape index (κ2) is 9.62. The summed E-state index contributed by atoms with van der Waals surface area (Å²) in [5.74, 6) is -0.450. The maximum absolute atomic E-state index is 13.2. The number of phenolic OH excluding ortho intramolecular Hbond substituents is 1. The zero-order valence-electron chi connectivity index (χ0n) is 19.7. The average Bonchev–Trinajstić information content (AvgIpc) is 3.36. The number of hydrogen-bond donors (Lipinski definition) is 1. The van der Waals surface area contributed by atoms with Crippen LogP contribution >= 0.6 is 0 Å². The van der Waals surface area contributed by atoms with Gasteiger partial charge in [-0.15, -0.1) is 0 Å². The van der Waals surface area contributed by atoms with Gasteiger partial charge in [-0.3, -0.25) is 9.59 Å². The van der Waals surface area contributed by atoms with Gasteiger partial charge in [-0.25, -0.2) is 8.42 Å². The van der Waals surface area contributed by atoms with E-state index >= 15 is 0 Å². The molecule has 186 valence electrons. The predicted molar refractivity (Wildman–Crippen MR) is 131 cm³/mol. The lowest BCUT2D eigenvalue weighted by Crippen LogP contribution is -2.53. The molecule has 2 aromatic rings. The minimum Gasteiger partial charge on any atom is -0.507 e. The highest BCUT2D eigenvalue weighted by Crippen LogP contribution is 2.29. The van der Waals surface area contributed by atoms with E-state index in [2.05, 4.69) is 0 Å². The van der Waals surface area contributed by atoms with Crippen molar-refractivity contribution in [1.82, 2.24) is 14.1 Å². The Morgan fingerprint density at radius 3 is 2.20 bits per heavy atom. The van der Waals surface area contributed by atoms with Crippen LogP contribution in [0, 0.1) is 5.92 Å². The molecule has 35 heavy (non-hydrogen) atoms. The minimum atomic E-state index is -3.56. The number of phenols is 1. The fourth-order valence-corrected chi connectivity index (χ4v) is 6.93. The summed E-state index contributed by atoms with van der Waals surface area (Å²) in [5, 5.41) is 9.96. The number of carbonyl (C=O) groups excluding carboxylic acids is 2. The van der Waals surface area contributed by atoms with Gasteiger partial charge in [0, 0.05) is 45.2 Å². The van der Waals surface area contributed by atoms with Crippen molar-refractivity contribution in [3.63, 3.8) is 0 Å². The molecule has 3 aliphatic rings. The topological polar surface area (TPSA) is 98.2 Å². The number of sulfonamides is 1. The number of hydrogen-bond acceptors (Lipinski definition) is 5. The Balaban J connectivity index is 1.15. The van der Waals surface area contributed by atoms with E-state index in [1.165, 1.54) is 15.9 Å². The van der Waals surface area contributed by atoms with Gasteiger partial charge in [0.05, 0.1) is 10.5 Å². The predicted octanol–water partition coefficient (Wildman–Crippen LogP) is 2.27. The van der Waals surface area contributed by atoms with E-state index in [0.29, 0.717) is 57.0 Å². The van der Waals surface area contributed by atoms with Crippen LogP contribution in [0.5, 0.6) is 5.75 Å². The van der Waals surface area contributed by atoms with Gasteiger partial charge in [0.25, 0.3) is 5.91 Å². The lowest BCUT2D eigenvalue weighted by Gasteiger charge is -2.38. The van der Waals surface area contributed by atoms with Crippen molar-refractivity contribution in [2.45, 2.75) is 37.0 Å². The number of rotatable bonds is 4. The molecule has 0 unspecified atom stereocenters. The number of piperazine rings is 1. The molecule has 2 heterocycles. The lowest BCUT2D eigenvalue weighted by molar-refractivity contribution is -0.138. The van der Waals surface area contributed by atoms with Crippen molar-refractivity contribution in [2.75, 3.05) is 39.3 Å². The smallest absolute Gasteiger partial charge is 0.257 e. The number of aryl methyl sites for hydroxylation is 2. The molecule has 0 atom stereocenters. The summed E-state index contributed by atoms with van der Waals surface area (Å²) in [6, 6.07) is 11.9. The molecule has 2 aliphatic heterocycles. The Morgan fingerprint density at radius 1 is 0.829 bits per heavy atom. The van der Waals surface area contributed by atoms with E-state index in [1.807, 2.05) is 12.1 Å². The third-order valence-corrected chi connectivity index (χ3v) is 9.42. The highest BCUT2D eigenvalue weighted by atomic mass is 32.2. The highest BCUT2D eigenvalue weighted by Gasteiger charge is 2.35. The highest BCUT2D eigenvalue weighted by molar-refractivity contribution is 7.89. The maximum atomic E-state index is 13.2. The molecule has 9 heteroatoms. The monoisotopic (exact) mass is 497 g/mol. The van der Waals surface area contributed by atoms with Gasteiger partial charge in [0.2, 0.25) is 15.9 Å². The van der Waals surface area contributed by atoms with Crippen molar-refractivity contribution >= 4 is 21.8 Å². The third kappa shape index (κ3) is 4.67. The van der Waals surface area contributed by atoms with Crippen LogP contribution < -0.4 is 0 Å². The molecule has 0 bridgehead atoms. The van der Waals surface area contributed by atoms with E-state index in [1.54, 1.807) is 34.1 Å². The number of aromatic hydroxyl groups is 1. The van der Waals surface area contributed by atoms with Gasteiger partial charge in [-0.05, 0) is 67.5 Å². The molecule has 2 fully saturated rings. The first-order chi connectivity index (χ1) is 16.8. The normalized spacial score (nSPS) is 19.5. The molecule has 8 nitrogen and oxygen atoms in total. The molecule has 1 aliphatic carbocycles. The van der Waals surface area contributed by atoms with Crippen LogP contribution in [0.2, 0.25) is 0 Å². The van der Waals surface area contributed by atoms with E-state index in [4.69, 9.17) is 0 Å². The fraction of sp³-hybridized carbons (Fsp3) is 0.462. The number of fused-ring (bicyclic) bond motifs is 1. The van der Waals surface area contributed by atoms with Crippen LogP contribution in [0.1, 0.15) is 40.7 Å². The second-order valence-corrected chi connectivity index (χ2v) is 11.5. The Hall–Kier alpha value is -2.91. The number of benzene rings is 2. The number of nitrogens with zero attached hydrogens (tertiary/aromatic N) is 3. The van der Waals surface area contributed by atoms with Gasteiger partial charge in [0.1, 0.15) is 5.75 Å². The van der Waals surface area contributed by atoms with Gasteiger partial charge in [-0.2, -0.15) is 4.31 Å². The zero-order chi connectivity index (χ0) is 24.6. The SMILES string of the molecule is O=C(c1ccccc1O)N1CCN(C(=O)C2CCN(S(=O)(=O)c3ccc4c(c3)CCC4)CC2)CC1. The minimum absolute atomic E-state index is 0.0363. The summed E-state index contributed by atoms with van der Waals surface area (Å²) in [7, 11) is -3.56. The first kappa shape index (κ1) is 23.8. The second-order valence-electron chi connectivity index (χ2n) is 9.60. The molecule has 0 aromatic heterocycles. The van der Waals surface area contributed by atoms with E-state index in [9.17, 15) is 23.1 Å². The summed E-state index contributed by atoms with van der Waals surface area (Å²) in [5.41, 5.74) is 2.65. The Bertz CT molecular complexity index is 1230. The molecule has 5 rings (SSSR count). The molecular formula is C26H31N3O5S. The first-order valence-electron chi connectivity index (χ1n) is 12.3. The quantitative estimate of drug-likeness (QED) is 0.699. The molecule has 2 saturated heterocycles. The van der Waals surface area contributed by atoms with Gasteiger partial charge >= 0.3 is 0 Å². The van der Waals surface area contributed by atoms with Crippen LogP contribution in [0.25, 0.3) is 0 Å². The molecule has 1 N–H and O–H groups in total. The molecule has 2 aromatic carbocycles. The van der Waals surface area contributed by atoms with Crippen molar-refractivity contribution in [3.8, 4) is 5.75 Å². The number of piperidine rings is 1. The van der Waals surface area contributed by atoms with Crippen LogP contribution in [-0.2, 0) is 27.7 Å². The van der Waals surface area contributed by atoms with Crippen molar-refractivity contribution in [2.24, 2.45) is 5.92 Å². The zero-order valence-corrected chi connectivity index (χ0v) is 20.5. The fourth-order valence-electron chi connectivity index (χ4n) is 5.41. The van der Waals surface area contributed by atoms with Crippen molar-refractivity contribution in [1.29, 1.82) is 0 Å². The lowest BCUT2D eigenvalue weighted by atomic mass is 9.96. The molecule has 0 radical (unpaired) electrons. The van der Waals surface area contributed by atoms with Crippen LogP contribution in [-0.4, -0.2) is 78.7 Å². The number of carbonyl (C=O) groups is 2. The van der Waals surface area contributed by atoms with Gasteiger partial charge in [0.15, 0.2) is 0 Å². The Morgan fingerprint density at radius 2 is 1.49 bits per heavy atom. The summed E-state index contributed by atoms with van der Waals surface area (Å²) in [6.45, 7) is 2.36. The molecule has 0 spiro atoms. The van der Waals surface area contributed by atoms with E-state index in [-0.39, 0.29) is 29.0 Å². The number of amides is 2. The van der Waals surface area contributed by atoms with Crippen molar-refractivity contribution in [3.05, 3.63) is 59.2 Å². The van der Waals surface area contributed by atoms with Crippen molar-refractivity contribution < 1.29 is 23.1 Å². The van der Waals surface area contributed by atoms with E-state index < -0.39 is 10.0 Å². The van der Waals surface area contributed by atoms with Crippen LogP contribution in [0.4, 0.5) is 0 Å². The summed E-state index contributed by atoms with van der Waals surface area (Å²) in [4.78, 5) is 29.6. The number of para-hydroxylation sites is 1. The first-order valence-corrected chi connectivity index (χ1v) is 13.8. The third-order valence-electron chi connectivity index (χ3n) is 7.52. The van der Waals surface area contributed by atoms with E-state index in [0.717, 1.165) is 24.8 Å². The van der Waals surface area contributed by atoms with Gasteiger partial charge < -0.3 is 14.9 Å². The maximum Gasteiger partial charge on any atom is 0.257 e. The average molecular weight is 498 g/mol. The van der Waals surface area contributed by atoms with Gasteiger partial charge in [-0.1, -0.05) is 18.2 Å². The molecule has 2 amide bonds. The Kier molecular flexibility index (Phi) is 6.55. The summed E-state index contributed by atoms with van der Waals surface area (Å²) >= 11 is 0. The molecule has 0 saturated carbocycles.